The molecule has 18 heavy (non-hydrogen) atoms. The van der Waals surface area contributed by atoms with Gasteiger partial charge in [0.25, 0.3) is 0 Å². The Morgan fingerprint density at radius 1 is 1.11 bits per heavy atom. The molecule has 0 spiro atoms. The number of carbonyl (C=O) groups excluding carboxylic acids is 2. The van der Waals surface area contributed by atoms with Crippen LogP contribution in [0.15, 0.2) is 0 Å². The number of piperidine rings is 1. The van der Waals surface area contributed by atoms with E-state index in [4.69, 9.17) is 0 Å². The van der Waals surface area contributed by atoms with Gasteiger partial charge in [-0.1, -0.05) is 0 Å². The Morgan fingerprint density at radius 3 is 2.33 bits per heavy atom. The number of carbonyl (C=O) groups is 2. The second kappa shape index (κ2) is 6.18. The van der Waals surface area contributed by atoms with Crippen molar-refractivity contribution in [1.82, 2.24) is 15.5 Å². The van der Waals surface area contributed by atoms with E-state index in [1.807, 2.05) is 4.90 Å². The second-order valence-corrected chi connectivity index (χ2v) is 5.30. The predicted octanol–water partition coefficient (Wildman–Crippen LogP) is 0.113. The molecule has 0 aromatic heterocycles. The third-order valence-corrected chi connectivity index (χ3v) is 3.75. The first-order valence-electron chi connectivity index (χ1n) is 6.93. The van der Waals surface area contributed by atoms with Gasteiger partial charge in [0.2, 0.25) is 11.8 Å². The quantitative estimate of drug-likeness (QED) is 0.684. The minimum atomic E-state index is 0.171. The molecule has 0 bridgehead atoms. The summed E-state index contributed by atoms with van der Waals surface area (Å²) in [7, 11) is 0. The standard InChI is InChI=1S/C13H23N3O2/c1-10(17)16-8-4-12(5-9-16)14-6-7-15-13(18)11-2-3-11/h11-12,14H,2-9H2,1H3,(H,15,18). The monoisotopic (exact) mass is 253 g/mol. The van der Waals surface area contributed by atoms with E-state index in [1.54, 1.807) is 6.92 Å². The molecule has 102 valence electrons. The van der Waals surface area contributed by atoms with Crippen LogP contribution < -0.4 is 10.6 Å². The maximum absolute atomic E-state index is 11.4. The number of likely N-dealkylation sites (tertiary alicyclic amines) is 1. The summed E-state index contributed by atoms with van der Waals surface area (Å²) in [5.41, 5.74) is 0. The van der Waals surface area contributed by atoms with Crippen molar-refractivity contribution in [2.75, 3.05) is 26.2 Å². The highest BCUT2D eigenvalue weighted by Gasteiger charge is 2.29. The maximum Gasteiger partial charge on any atom is 0.223 e. The van der Waals surface area contributed by atoms with Gasteiger partial charge < -0.3 is 15.5 Å². The highest BCUT2D eigenvalue weighted by Crippen LogP contribution is 2.28. The summed E-state index contributed by atoms with van der Waals surface area (Å²) in [5.74, 6) is 0.678. The summed E-state index contributed by atoms with van der Waals surface area (Å²) in [6.07, 6.45) is 4.14. The van der Waals surface area contributed by atoms with E-state index in [0.29, 0.717) is 18.5 Å². The molecule has 0 unspecified atom stereocenters. The van der Waals surface area contributed by atoms with Gasteiger partial charge in [-0.15, -0.1) is 0 Å². The largest absolute Gasteiger partial charge is 0.355 e. The summed E-state index contributed by atoms with van der Waals surface area (Å²) < 4.78 is 0. The smallest absolute Gasteiger partial charge is 0.223 e. The van der Waals surface area contributed by atoms with Crippen LogP contribution in [-0.4, -0.2) is 48.9 Å². The summed E-state index contributed by atoms with van der Waals surface area (Å²) in [4.78, 5) is 24.5. The highest BCUT2D eigenvalue weighted by atomic mass is 16.2. The predicted molar refractivity (Wildman–Crippen MR) is 69.0 cm³/mol. The van der Waals surface area contributed by atoms with Crippen LogP contribution >= 0.6 is 0 Å². The van der Waals surface area contributed by atoms with Gasteiger partial charge in [0.15, 0.2) is 0 Å². The van der Waals surface area contributed by atoms with E-state index < -0.39 is 0 Å². The molecule has 2 N–H and O–H groups in total. The SMILES string of the molecule is CC(=O)N1CCC(NCCNC(=O)C2CC2)CC1. The number of hydrogen-bond acceptors (Lipinski definition) is 3. The molecular weight excluding hydrogens is 230 g/mol. The Labute approximate surface area is 108 Å². The molecule has 2 amide bonds. The Bertz CT molecular complexity index is 307. The fraction of sp³-hybridized carbons (Fsp3) is 0.846. The van der Waals surface area contributed by atoms with Crippen molar-refractivity contribution >= 4 is 11.8 Å². The minimum absolute atomic E-state index is 0.171. The number of amides is 2. The second-order valence-electron chi connectivity index (χ2n) is 5.30. The molecule has 2 rings (SSSR count). The first-order chi connectivity index (χ1) is 8.66. The van der Waals surface area contributed by atoms with Crippen LogP contribution in [0, 0.1) is 5.92 Å². The summed E-state index contributed by atoms with van der Waals surface area (Å²) >= 11 is 0. The van der Waals surface area contributed by atoms with Crippen molar-refractivity contribution in [3.05, 3.63) is 0 Å². The molecule has 2 fully saturated rings. The third kappa shape index (κ3) is 3.98. The molecule has 0 radical (unpaired) electrons. The van der Waals surface area contributed by atoms with Crippen LogP contribution in [0.25, 0.3) is 0 Å². The molecule has 1 saturated carbocycles. The summed E-state index contributed by atoms with van der Waals surface area (Å²) in [6.45, 7) is 4.86. The molecule has 5 nitrogen and oxygen atoms in total. The van der Waals surface area contributed by atoms with E-state index in [0.717, 1.165) is 45.3 Å². The zero-order valence-electron chi connectivity index (χ0n) is 11.1. The van der Waals surface area contributed by atoms with Gasteiger partial charge in [-0.25, -0.2) is 0 Å². The molecule has 0 aromatic rings. The van der Waals surface area contributed by atoms with Gasteiger partial charge in [0, 0.05) is 45.1 Å². The normalized spacial score (nSPS) is 20.8. The molecule has 0 aromatic carbocycles. The van der Waals surface area contributed by atoms with Crippen LogP contribution in [0.5, 0.6) is 0 Å². The Morgan fingerprint density at radius 2 is 1.78 bits per heavy atom. The molecule has 0 atom stereocenters. The van der Waals surface area contributed by atoms with E-state index in [-0.39, 0.29) is 11.8 Å². The van der Waals surface area contributed by atoms with Gasteiger partial charge >= 0.3 is 0 Å². The van der Waals surface area contributed by atoms with Gasteiger partial charge in [-0.05, 0) is 25.7 Å². The molecule has 5 heteroatoms. The maximum atomic E-state index is 11.4. The van der Waals surface area contributed by atoms with Gasteiger partial charge in [0.1, 0.15) is 0 Å². The molecular formula is C13H23N3O2. The lowest BCUT2D eigenvalue weighted by atomic mass is 10.1. The first-order valence-corrected chi connectivity index (χ1v) is 6.93. The fourth-order valence-corrected chi connectivity index (χ4v) is 2.35. The summed E-state index contributed by atoms with van der Waals surface area (Å²) in [6, 6.07) is 0.485. The fourth-order valence-electron chi connectivity index (χ4n) is 2.35. The Kier molecular flexibility index (Phi) is 4.58. The van der Waals surface area contributed by atoms with E-state index in [9.17, 15) is 9.59 Å². The molecule has 2 aliphatic rings. The topological polar surface area (TPSA) is 61.4 Å². The number of nitrogens with one attached hydrogen (secondary N) is 2. The lowest BCUT2D eigenvalue weighted by Gasteiger charge is -2.31. The zero-order valence-corrected chi connectivity index (χ0v) is 11.1. The number of rotatable bonds is 5. The molecule has 1 saturated heterocycles. The molecule has 1 aliphatic heterocycles. The van der Waals surface area contributed by atoms with Gasteiger partial charge in [0.05, 0.1) is 0 Å². The van der Waals surface area contributed by atoms with Crippen LogP contribution in [0.2, 0.25) is 0 Å². The van der Waals surface area contributed by atoms with E-state index in [1.165, 1.54) is 0 Å². The van der Waals surface area contributed by atoms with Gasteiger partial charge in [-0.2, -0.15) is 0 Å². The number of hydrogen-bond donors (Lipinski definition) is 2. The first kappa shape index (κ1) is 13.3. The van der Waals surface area contributed by atoms with Crippen LogP contribution in [0.1, 0.15) is 32.6 Å². The van der Waals surface area contributed by atoms with E-state index in [2.05, 4.69) is 10.6 Å². The lowest BCUT2D eigenvalue weighted by molar-refractivity contribution is -0.130. The molecule has 1 heterocycles. The van der Waals surface area contributed by atoms with Crippen LogP contribution in [0.4, 0.5) is 0 Å². The van der Waals surface area contributed by atoms with Crippen molar-refractivity contribution in [3.63, 3.8) is 0 Å². The highest BCUT2D eigenvalue weighted by molar-refractivity contribution is 5.80. The Balaban J connectivity index is 1.52. The van der Waals surface area contributed by atoms with Crippen LogP contribution in [-0.2, 0) is 9.59 Å². The van der Waals surface area contributed by atoms with Crippen molar-refractivity contribution in [1.29, 1.82) is 0 Å². The van der Waals surface area contributed by atoms with Gasteiger partial charge in [-0.3, -0.25) is 9.59 Å². The third-order valence-electron chi connectivity index (χ3n) is 3.75. The zero-order chi connectivity index (χ0) is 13.0. The Hall–Kier alpha value is -1.10. The average Bonchev–Trinajstić information content (AvgIpc) is 3.19. The van der Waals surface area contributed by atoms with Crippen molar-refractivity contribution in [2.45, 2.75) is 38.6 Å². The molecule has 1 aliphatic carbocycles. The van der Waals surface area contributed by atoms with Crippen molar-refractivity contribution < 1.29 is 9.59 Å². The summed E-state index contributed by atoms with van der Waals surface area (Å²) in [5, 5.41) is 6.39. The number of nitrogens with zero attached hydrogens (tertiary/aromatic N) is 1. The van der Waals surface area contributed by atoms with Crippen molar-refractivity contribution in [3.8, 4) is 0 Å². The van der Waals surface area contributed by atoms with Crippen molar-refractivity contribution in [2.24, 2.45) is 5.92 Å². The van der Waals surface area contributed by atoms with Crippen LogP contribution in [0.3, 0.4) is 0 Å². The average molecular weight is 253 g/mol. The lowest BCUT2D eigenvalue weighted by Crippen LogP contribution is -2.46. The van der Waals surface area contributed by atoms with E-state index >= 15 is 0 Å². The minimum Gasteiger partial charge on any atom is -0.355 e.